The van der Waals surface area contributed by atoms with Crippen molar-refractivity contribution in [2.24, 2.45) is 0 Å². The lowest BCUT2D eigenvalue weighted by molar-refractivity contribution is 0.119. The number of aromatic nitrogens is 3. The van der Waals surface area contributed by atoms with Gasteiger partial charge in [0.25, 0.3) is 5.56 Å². The van der Waals surface area contributed by atoms with Crippen molar-refractivity contribution in [1.29, 1.82) is 0 Å². The lowest BCUT2D eigenvalue weighted by Gasteiger charge is -2.31. The standard InChI is InChI=1S/C23H31N5O4S/c29-21-6-5-18-15-24-23(26-22(18)28(21)20-3-1-2-4-20)25-19-7-11-27(12-8-19)33(30,31)16-17-9-13-32-14-10-17/h5-6,15-16,19-20H,1-4,7-14H2,(H,24,25,26). The Balaban J connectivity index is 1.27. The highest BCUT2D eigenvalue weighted by atomic mass is 32.2. The first-order valence-corrected chi connectivity index (χ1v) is 13.4. The van der Waals surface area contributed by atoms with Gasteiger partial charge in [0.15, 0.2) is 0 Å². The van der Waals surface area contributed by atoms with Gasteiger partial charge >= 0.3 is 0 Å². The molecule has 178 valence electrons. The molecule has 0 radical (unpaired) electrons. The molecule has 2 aromatic rings. The first-order chi connectivity index (χ1) is 16.0. The number of nitrogens with zero attached hydrogens (tertiary/aromatic N) is 4. The quantitative estimate of drug-likeness (QED) is 0.712. The number of rotatable bonds is 5. The monoisotopic (exact) mass is 473 g/mol. The molecule has 1 aliphatic carbocycles. The topological polar surface area (TPSA) is 106 Å². The summed E-state index contributed by atoms with van der Waals surface area (Å²) in [6.07, 6.45) is 8.75. The number of nitrogens with one attached hydrogen (secondary N) is 1. The number of fused-ring (bicyclic) bond motifs is 1. The highest BCUT2D eigenvalue weighted by molar-refractivity contribution is 7.92. The third-order valence-electron chi connectivity index (χ3n) is 6.95. The minimum Gasteiger partial charge on any atom is -0.381 e. The zero-order valence-electron chi connectivity index (χ0n) is 18.8. The molecule has 0 aromatic carbocycles. The minimum absolute atomic E-state index is 0.0174. The van der Waals surface area contributed by atoms with Crippen molar-refractivity contribution in [2.75, 3.05) is 31.6 Å². The van der Waals surface area contributed by atoms with Crippen molar-refractivity contribution in [1.82, 2.24) is 18.8 Å². The van der Waals surface area contributed by atoms with E-state index in [4.69, 9.17) is 9.72 Å². The van der Waals surface area contributed by atoms with Crippen LogP contribution in [0.3, 0.4) is 0 Å². The highest BCUT2D eigenvalue weighted by Crippen LogP contribution is 2.30. The number of ether oxygens (including phenoxy) is 1. The first-order valence-electron chi connectivity index (χ1n) is 11.9. The lowest BCUT2D eigenvalue weighted by atomic mass is 10.1. The molecule has 3 fully saturated rings. The number of hydrogen-bond donors (Lipinski definition) is 1. The Morgan fingerprint density at radius 3 is 2.52 bits per heavy atom. The van der Waals surface area contributed by atoms with Crippen LogP contribution in [-0.4, -0.2) is 59.6 Å². The number of sulfonamides is 1. The van der Waals surface area contributed by atoms with Crippen LogP contribution in [0.4, 0.5) is 5.95 Å². The molecule has 0 unspecified atom stereocenters. The zero-order valence-corrected chi connectivity index (χ0v) is 19.6. The fourth-order valence-corrected chi connectivity index (χ4v) is 6.62. The van der Waals surface area contributed by atoms with E-state index in [9.17, 15) is 13.2 Å². The van der Waals surface area contributed by atoms with E-state index in [0.29, 0.717) is 63.6 Å². The maximum Gasteiger partial charge on any atom is 0.252 e. The summed E-state index contributed by atoms with van der Waals surface area (Å²) in [4.78, 5) is 21.8. The van der Waals surface area contributed by atoms with Crippen LogP contribution in [0.1, 0.15) is 57.4 Å². The Morgan fingerprint density at radius 1 is 1.06 bits per heavy atom. The van der Waals surface area contributed by atoms with Crippen LogP contribution >= 0.6 is 0 Å². The molecule has 5 rings (SSSR count). The van der Waals surface area contributed by atoms with Gasteiger partial charge in [-0.15, -0.1) is 0 Å². The van der Waals surface area contributed by atoms with Gasteiger partial charge in [-0.3, -0.25) is 9.36 Å². The van der Waals surface area contributed by atoms with Crippen molar-refractivity contribution in [2.45, 2.75) is 63.5 Å². The van der Waals surface area contributed by atoms with Crippen LogP contribution in [0.25, 0.3) is 11.0 Å². The Labute approximate surface area is 193 Å². The maximum absolute atomic E-state index is 12.8. The van der Waals surface area contributed by atoms with Crippen molar-refractivity contribution in [3.8, 4) is 0 Å². The molecule has 10 heteroatoms. The summed E-state index contributed by atoms with van der Waals surface area (Å²) < 4.78 is 34.3. The molecule has 0 atom stereocenters. The molecule has 9 nitrogen and oxygen atoms in total. The number of pyridine rings is 1. The van der Waals surface area contributed by atoms with E-state index in [1.54, 1.807) is 22.6 Å². The normalized spacial score (nSPS) is 21.5. The fourth-order valence-electron chi connectivity index (χ4n) is 5.10. The third-order valence-corrected chi connectivity index (χ3v) is 8.67. The largest absolute Gasteiger partial charge is 0.381 e. The molecule has 2 aliphatic heterocycles. The second-order valence-electron chi connectivity index (χ2n) is 9.20. The van der Waals surface area contributed by atoms with Crippen molar-refractivity contribution in [3.05, 3.63) is 39.7 Å². The van der Waals surface area contributed by atoms with Gasteiger partial charge in [0.1, 0.15) is 5.65 Å². The van der Waals surface area contributed by atoms with Gasteiger partial charge in [0, 0.05) is 48.2 Å². The molecular formula is C23H31N5O4S. The number of hydrogen-bond acceptors (Lipinski definition) is 7. The van der Waals surface area contributed by atoms with E-state index < -0.39 is 10.0 Å². The van der Waals surface area contributed by atoms with E-state index in [0.717, 1.165) is 36.6 Å². The Bertz CT molecular complexity index is 1190. The van der Waals surface area contributed by atoms with Crippen molar-refractivity contribution < 1.29 is 13.2 Å². The molecule has 0 amide bonds. The van der Waals surface area contributed by atoms with Crippen molar-refractivity contribution in [3.63, 3.8) is 0 Å². The molecule has 2 aromatic heterocycles. The van der Waals surface area contributed by atoms with E-state index in [2.05, 4.69) is 10.3 Å². The van der Waals surface area contributed by atoms with Crippen LogP contribution < -0.4 is 10.9 Å². The molecule has 3 aliphatic rings. The zero-order chi connectivity index (χ0) is 22.8. The second kappa shape index (κ2) is 9.52. The van der Waals surface area contributed by atoms with E-state index >= 15 is 0 Å². The van der Waals surface area contributed by atoms with E-state index in [1.807, 2.05) is 4.57 Å². The average molecular weight is 474 g/mol. The Hall–Kier alpha value is -2.30. The van der Waals surface area contributed by atoms with Gasteiger partial charge in [-0.25, -0.2) is 13.4 Å². The van der Waals surface area contributed by atoms with Gasteiger partial charge in [0.2, 0.25) is 16.0 Å². The third kappa shape index (κ3) is 4.97. The smallest absolute Gasteiger partial charge is 0.252 e. The van der Waals surface area contributed by atoms with Gasteiger partial charge in [-0.05, 0) is 44.6 Å². The molecule has 0 spiro atoms. The molecule has 1 N–H and O–H groups in total. The van der Waals surface area contributed by atoms with Gasteiger partial charge in [0.05, 0.1) is 13.2 Å². The summed E-state index contributed by atoms with van der Waals surface area (Å²) >= 11 is 0. The maximum atomic E-state index is 12.8. The van der Waals surface area contributed by atoms with Gasteiger partial charge in [-0.1, -0.05) is 18.4 Å². The Morgan fingerprint density at radius 2 is 1.79 bits per heavy atom. The molecule has 0 bridgehead atoms. The van der Waals surface area contributed by atoms with Crippen LogP contribution in [0.15, 0.2) is 34.1 Å². The average Bonchev–Trinajstić information content (AvgIpc) is 3.34. The lowest BCUT2D eigenvalue weighted by Crippen LogP contribution is -2.42. The van der Waals surface area contributed by atoms with Gasteiger partial charge < -0.3 is 10.1 Å². The summed E-state index contributed by atoms with van der Waals surface area (Å²) in [5.74, 6) is 0.491. The first kappa shape index (κ1) is 22.5. The summed E-state index contributed by atoms with van der Waals surface area (Å²) in [6.45, 7) is 2.10. The van der Waals surface area contributed by atoms with E-state index in [-0.39, 0.29) is 17.6 Å². The van der Waals surface area contributed by atoms with Crippen LogP contribution in [-0.2, 0) is 14.8 Å². The number of piperidine rings is 1. The highest BCUT2D eigenvalue weighted by Gasteiger charge is 2.28. The van der Waals surface area contributed by atoms with Gasteiger partial charge in [-0.2, -0.15) is 9.29 Å². The molecule has 2 saturated heterocycles. The van der Waals surface area contributed by atoms with Crippen LogP contribution in [0, 0.1) is 0 Å². The summed E-state index contributed by atoms with van der Waals surface area (Å²) in [5, 5.41) is 5.67. The van der Waals surface area contributed by atoms with Crippen molar-refractivity contribution >= 4 is 27.0 Å². The van der Waals surface area contributed by atoms with E-state index in [1.165, 1.54) is 5.41 Å². The van der Waals surface area contributed by atoms with Crippen LogP contribution in [0.5, 0.6) is 0 Å². The molecule has 1 saturated carbocycles. The second-order valence-corrected chi connectivity index (χ2v) is 11.0. The number of anilines is 1. The fraction of sp³-hybridized carbons (Fsp3) is 0.609. The summed E-state index contributed by atoms with van der Waals surface area (Å²) in [5.41, 5.74) is 1.60. The molecule has 33 heavy (non-hydrogen) atoms. The van der Waals surface area contributed by atoms with Crippen LogP contribution in [0.2, 0.25) is 0 Å². The molecule has 4 heterocycles. The minimum atomic E-state index is -3.41. The SMILES string of the molecule is O=c1ccc2cnc(NC3CCN(S(=O)(=O)C=C4CCOCC4)CC3)nc2n1C1CCCC1. The Kier molecular flexibility index (Phi) is 6.49. The summed E-state index contributed by atoms with van der Waals surface area (Å²) in [7, 11) is -3.41. The predicted octanol–water partition coefficient (Wildman–Crippen LogP) is 2.81. The summed E-state index contributed by atoms with van der Waals surface area (Å²) in [6, 6.07) is 3.66. The molecular weight excluding hydrogens is 442 g/mol. The predicted molar refractivity (Wildman–Crippen MR) is 127 cm³/mol.